The second-order valence-corrected chi connectivity index (χ2v) is 5.05. The zero-order chi connectivity index (χ0) is 13.1. The average Bonchev–Trinajstić information content (AvgIpc) is 2.31. The van der Waals surface area contributed by atoms with Gasteiger partial charge in [-0.2, -0.15) is 0 Å². The quantitative estimate of drug-likeness (QED) is 0.824. The predicted molar refractivity (Wildman–Crippen MR) is 74.1 cm³/mol. The van der Waals surface area contributed by atoms with E-state index >= 15 is 0 Å². The Kier molecular flexibility index (Phi) is 4.40. The van der Waals surface area contributed by atoms with Gasteiger partial charge in [0.1, 0.15) is 5.75 Å². The molecule has 0 fully saturated rings. The summed E-state index contributed by atoms with van der Waals surface area (Å²) in [6.45, 7) is 9.43. The van der Waals surface area contributed by atoms with Crippen LogP contribution in [0.4, 0.5) is 5.69 Å². The lowest BCUT2D eigenvalue weighted by atomic mass is 10.0. The van der Waals surface area contributed by atoms with Crippen molar-refractivity contribution < 1.29 is 4.74 Å². The van der Waals surface area contributed by atoms with Crippen molar-refractivity contribution in [1.82, 2.24) is 5.32 Å². The van der Waals surface area contributed by atoms with Gasteiger partial charge < -0.3 is 15.4 Å². The Morgan fingerprint density at radius 1 is 1.18 bits per heavy atom. The minimum Gasteiger partial charge on any atom is -0.496 e. The Morgan fingerprint density at radius 3 is 2.35 bits per heavy atom. The van der Waals surface area contributed by atoms with Crippen molar-refractivity contribution in [1.29, 1.82) is 0 Å². The fourth-order valence-electron chi connectivity index (χ4n) is 1.61. The molecule has 0 aliphatic carbocycles. The van der Waals surface area contributed by atoms with E-state index in [1.807, 2.05) is 13.1 Å². The van der Waals surface area contributed by atoms with E-state index in [0.29, 0.717) is 0 Å². The van der Waals surface area contributed by atoms with E-state index in [1.165, 1.54) is 16.8 Å². The fourth-order valence-corrected chi connectivity index (χ4v) is 1.61. The molecule has 0 radical (unpaired) electrons. The minimum absolute atomic E-state index is 0.0836. The molecule has 0 saturated heterocycles. The number of methoxy groups -OCH3 is 1. The summed E-state index contributed by atoms with van der Waals surface area (Å²) in [6, 6.07) is 4.09. The number of benzene rings is 1. The average molecular weight is 236 g/mol. The van der Waals surface area contributed by atoms with Crippen molar-refractivity contribution in [3.05, 3.63) is 23.3 Å². The van der Waals surface area contributed by atoms with Crippen LogP contribution in [0.1, 0.15) is 25.0 Å². The Hall–Kier alpha value is -1.22. The zero-order valence-corrected chi connectivity index (χ0v) is 11.8. The number of rotatable bonds is 5. The first kappa shape index (κ1) is 13.8. The van der Waals surface area contributed by atoms with E-state index in [1.54, 1.807) is 7.11 Å². The van der Waals surface area contributed by atoms with Crippen LogP contribution < -0.4 is 15.4 Å². The standard InChI is InChI=1S/C14H24N2O/c1-10-11(2)13(17-6)8-7-12(10)16-9-14(3,4)15-5/h7-8,15-16H,9H2,1-6H3. The molecular weight excluding hydrogens is 212 g/mol. The molecule has 3 heteroatoms. The molecule has 2 N–H and O–H groups in total. The van der Waals surface area contributed by atoms with Gasteiger partial charge in [-0.05, 0) is 58.0 Å². The molecule has 0 aromatic heterocycles. The van der Waals surface area contributed by atoms with Gasteiger partial charge in [-0.25, -0.2) is 0 Å². The third-order valence-corrected chi connectivity index (χ3v) is 3.35. The molecule has 0 bridgehead atoms. The van der Waals surface area contributed by atoms with Crippen LogP contribution in [-0.4, -0.2) is 26.2 Å². The highest BCUT2D eigenvalue weighted by Crippen LogP contribution is 2.27. The Labute approximate surface area is 105 Å². The summed E-state index contributed by atoms with van der Waals surface area (Å²) in [4.78, 5) is 0. The highest BCUT2D eigenvalue weighted by Gasteiger charge is 2.15. The molecule has 1 aromatic rings. The van der Waals surface area contributed by atoms with E-state index in [-0.39, 0.29) is 5.54 Å². The molecule has 0 spiro atoms. The van der Waals surface area contributed by atoms with Gasteiger partial charge in [0.15, 0.2) is 0 Å². The Bertz CT molecular complexity index is 386. The summed E-state index contributed by atoms with van der Waals surface area (Å²) in [7, 11) is 3.69. The van der Waals surface area contributed by atoms with Crippen LogP contribution in [0.5, 0.6) is 5.75 Å². The molecule has 0 atom stereocenters. The molecular formula is C14H24N2O. The largest absolute Gasteiger partial charge is 0.496 e. The van der Waals surface area contributed by atoms with Gasteiger partial charge >= 0.3 is 0 Å². The van der Waals surface area contributed by atoms with E-state index in [9.17, 15) is 0 Å². The lowest BCUT2D eigenvalue weighted by Crippen LogP contribution is -2.42. The van der Waals surface area contributed by atoms with Gasteiger partial charge in [0.2, 0.25) is 0 Å². The van der Waals surface area contributed by atoms with Crippen LogP contribution in [0.3, 0.4) is 0 Å². The summed E-state index contributed by atoms with van der Waals surface area (Å²) < 4.78 is 5.31. The second-order valence-electron chi connectivity index (χ2n) is 5.05. The van der Waals surface area contributed by atoms with Crippen LogP contribution in [0, 0.1) is 13.8 Å². The van der Waals surface area contributed by atoms with Crippen LogP contribution >= 0.6 is 0 Å². The SMILES string of the molecule is CNC(C)(C)CNc1ccc(OC)c(C)c1C. The Balaban J connectivity index is 2.83. The molecule has 0 aliphatic heterocycles. The van der Waals surface area contributed by atoms with Crippen molar-refractivity contribution >= 4 is 5.69 Å². The molecule has 1 rings (SSSR count). The molecule has 0 aliphatic rings. The van der Waals surface area contributed by atoms with Crippen molar-refractivity contribution in [2.75, 3.05) is 26.0 Å². The van der Waals surface area contributed by atoms with E-state index in [0.717, 1.165) is 12.3 Å². The number of nitrogens with one attached hydrogen (secondary N) is 2. The molecule has 0 heterocycles. The number of hydrogen-bond donors (Lipinski definition) is 2. The zero-order valence-electron chi connectivity index (χ0n) is 11.8. The number of hydrogen-bond acceptors (Lipinski definition) is 3. The van der Waals surface area contributed by atoms with Gasteiger partial charge in [0.05, 0.1) is 7.11 Å². The molecule has 3 nitrogen and oxygen atoms in total. The van der Waals surface area contributed by atoms with Gasteiger partial charge in [-0.3, -0.25) is 0 Å². The van der Waals surface area contributed by atoms with Crippen LogP contribution in [0.15, 0.2) is 12.1 Å². The van der Waals surface area contributed by atoms with Crippen molar-refractivity contribution in [3.8, 4) is 5.75 Å². The molecule has 0 unspecified atom stereocenters. The summed E-state index contributed by atoms with van der Waals surface area (Å²) in [5.74, 6) is 0.945. The van der Waals surface area contributed by atoms with E-state index in [4.69, 9.17) is 4.74 Å². The Morgan fingerprint density at radius 2 is 1.82 bits per heavy atom. The smallest absolute Gasteiger partial charge is 0.122 e. The van der Waals surface area contributed by atoms with Crippen molar-refractivity contribution in [3.63, 3.8) is 0 Å². The lowest BCUT2D eigenvalue weighted by Gasteiger charge is -2.26. The highest BCUT2D eigenvalue weighted by atomic mass is 16.5. The van der Waals surface area contributed by atoms with Crippen molar-refractivity contribution in [2.24, 2.45) is 0 Å². The second kappa shape index (κ2) is 5.41. The first-order chi connectivity index (χ1) is 7.91. The van der Waals surface area contributed by atoms with Crippen molar-refractivity contribution in [2.45, 2.75) is 33.2 Å². The van der Waals surface area contributed by atoms with Gasteiger partial charge in [0, 0.05) is 17.8 Å². The molecule has 0 amide bonds. The third-order valence-electron chi connectivity index (χ3n) is 3.35. The molecule has 17 heavy (non-hydrogen) atoms. The lowest BCUT2D eigenvalue weighted by molar-refractivity contribution is 0.411. The number of likely N-dealkylation sites (N-methyl/N-ethyl adjacent to an activating group) is 1. The van der Waals surface area contributed by atoms with Gasteiger partial charge in [0.25, 0.3) is 0 Å². The maximum absolute atomic E-state index is 5.31. The maximum atomic E-state index is 5.31. The molecule has 96 valence electrons. The summed E-state index contributed by atoms with van der Waals surface area (Å²) >= 11 is 0. The number of anilines is 1. The normalized spacial score (nSPS) is 11.4. The molecule has 1 aromatic carbocycles. The number of ether oxygens (including phenoxy) is 1. The van der Waals surface area contributed by atoms with Gasteiger partial charge in [-0.1, -0.05) is 0 Å². The van der Waals surface area contributed by atoms with E-state index in [2.05, 4.69) is 44.4 Å². The first-order valence-corrected chi connectivity index (χ1v) is 5.98. The maximum Gasteiger partial charge on any atom is 0.122 e. The molecule has 0 saturated carbocycles. The third kappa shape index (κ3) is 3.37. The summed E-state index contributed by atoms with van der Waals surface area (Å²) in [5.41, 5.74) is 3.70. The summed E-state index contributed by atoms with van der Waals surface area (Å²) in [6.07, 6.45) is 0. The van der Waals surface area contributed by atoms with E-state index < -0.39 is 0 Å². The van der Waals surface area contributed by atoms with Crippen LogP contribution in [0.25, 0.3) is 0 Å². The fraction of sp³-hybridized carbons (Fsp3) is 0.571. The first-order valence-electron chi connectivity index (χ1n) is 5.98. The topological polar surface area (TPSA) is 33.3 Å². The predicted octanol–water partition coefficient (Wildman–Crippen LogP) is 2.72. The highest BCUT2D eigenvalue weighted by molar-refractivity contribution is 5.58. The summed E-state index contributed by atoms with van der Waals surface area (Å²) in [5, 5.41) is 6.76. The minimum atomic E-state index is 0.0836. The van der Waals surface area contributed by atoms with Crippen LogP contribution in [-0.2, 0) is 0 Å². The van der Waals surface area contributed by atoms with Crippen LogP contribution in [0.2, 0.25) is 0 Å². The monoisotopic (exact) mass is 236 g/mol. The van der Waals surface area contributed by atoms with Gasteiger partial charge in [-0.15, -0.1) is 0 Å².